The van der Waals surface area contributed by atoms with Crippen LogP contribution in [0, 0.1) is 22.7 Å². The van der Waals surface area contributed by atoms with Gasteiger partial charge in [-0.2, -0.15) is 0 Å². The van der Waals surface area contributed by atoms with E-state index in [-0.39, 0.29) is 40.6 Å². The van der Waals surface area contributed by atoms with Crippen LogP contribution in [-0.2, 0) is 23.8 Å². The number of fused-ring (bicyclic) bond motifs is 3. The lowest BCUT2D eigenvalue weighted by Gasteiger charge is -2.61. The highest BCUT2D eigenvalue weighted by Crippen LogP contribution is 2.70. The van der Waals surface area contributed by atoms with E-state index in [4.69, 9.17) is 14.2 Å². The zero-order valence-electron chi connectivity index (χ0n) is 19.2. The maximum absolute atomic E-state index is 12.7. The molecule has 5 heteroatoms. The van der Waals surface area contributed by atoms with Crippen LogP contribution in [0.5, 0.6) is 0 Å². The molecule has 4 aliphatic rings. The lowest BCUT2D eigenvalue weighted by molar-refractivity contribution is -0.196. The fourth-order valence-corrected chi connectivity index (χ4v) is 6.69. The Labute approximate surface area is 180 Å². The van der Waals surface area contributed by atoms with Crippen LogP contribution in [-0.4, -0.2) is 36.4 Å². The van der Waals surface area contributed by atoms with Crippen molar-refractivity contribution >= 4 is 11.9 Å². The Morgan fingerprint density at radius 2 is 2.03 bits per heavy atom. The lowest BCUT2D eigenvalue weighted by atomic mass is 9.43. The molecule has 0 aromatic heterocycles. The van der Waals surface area contributed by atoms with Gasteiger partial charge < -0.3 is 14.2 Å². The van der Waals surface area contributed by atoms with E-state index in [2.05, 4.69) is 27.7 Å². The van der Waals surface area contributed by atoms with Crippen LogP contribution >= 0.6 is 0 Å². The lowest BCUT2D eigenvalue weighted by Crippen LogP contribution is -2.63. The van der Waals surface area contributed by atoms with Crippen molar-refractivity contribution in [1.29, 1.82) is 0 Å². The molecule has 2 aliphatic carbocycles. The van der Waals surface area contributed by atoms with Crippen LogP contribution in [0.25, 0.3) is 0 Å². The van der Waals surface area contributed by atoms with Crippen LogP contribution in [0.2, 0.25) is 0 Å². The molecule has 0 amide bonds. The van der Waals surface area contributed by atoms with Gasteiger partial charge in [0.2, 0.25) is 0 Å². The Morgan fingerprint density at radius 1 is 1.30 bits per heavy atom. The quantitative estimate of drug-likeness (QED) is 0.368. The summed E-state index contributed by atoms with van der Waals surface area (Å²) < 4.78 is 17.6. The first kappa shape index (κ1) is 21.6. The molecule has 2 heterocycles. The summed E-state index contributed by atoms with van der Waals surface area (Å²) in [6.45, 7) is 13.3. The minimum absolute atomic E-state index is 0.0830. The van der Waals surface area contributed by atoms with Gasteiger partial charge in [0.15, 0.2) is 0 Å². The Bertz CT molecular complexity index is 812. The number of allylic oxidation sites excluding steroid dienone is 1. The first-order chi connectivity index (χ1) is 14.1. The second-order valence-corrected chi connectivity index (χ2v) is 10.5. The summed E-state index contributed by atoms with van der Waals surface area (Å²) in [4.78, 5) is 24.2. The predicted octanol–water partition coefficient (Wildman–Crippen LogP) is 4.75. The maximum Gasteiger partial charge on any atom is 0.333 e. The van der Waals surface area contributed by atoms with Gasteiger partial charge in [-0.1, -0.05) is 26.8 Å². The molecule has 0 radical (unpaired) electrons. The molecule has 0 unspecified atom stereocenters. The van der Waals surface area contributed by atoms with E-state index in [0.717, 1.165) is 37.7 Å². The third-order valence-electron chi connectivity index (χ3n) is 9.32. The largest absolute Gasteiger partial charge is 0.458 e. The SMILES string of the molecule is C/C=C(/C)C(=O)O[C@@H]1C[C@@H](C)[C@@](C)(CCC2=CC(=O)OC2)[C@@H]2CC[C@@H]3O[C@]3(C)[C@]12C. The summed E-state index contributed by atoms with van der Waals surface area (Å²) in [5, 5.41) is 0. The number of rotatable bonds is 5. The Balaban J connectivity index is 1.63. The Kier molecular flexibility index (Phi) is 5.20. The van der Waals surface area contributed by atoms with Crippen molar-refractivity contribution in [3.05, 3.63) is 23.3 Å². The van der Waals surface area contributed by atoms with Crippen molar-refractivity contribution in [1.82, 2.24) is 0 Å². The van der Waals surface area contributed by atoms with Crippen molar-refractivity contribution in [2.45, 2.75) is 91.5 Å². The van der Waals surface area contributed by atoms with Gasteiger partial charge in [0, 0.05) is 17.1 Å². The normalized spacial score (nSPS) is 45.2. The number of ether oxygens (including phenoxy) is 3. The van der Waals surface area contributed by atoms with Crippen molar-refractivity contribution in [3.8, 4) is 0 Å². The molecule has 1 saturated heterocycles. The third kappa shape index (κ3) is 3.07. The average molecular weight is 417 g/mol. The fourth-order valence-electron chi connectivity index (χ4n) is 6.69. The van der Waals surface area contributed by atoms with E-state index >= 15 is 0 Å². The van der Waals surface area contributed by atoms with Crippen LogP contribution in [0.4, 0.5) is 0 Å². The first-order valence-corrected chi connectivity index (χ1v) is 11.4. The Morgan fingerprint density at radius 3 is 2.67 bits per heavy atom. The molecule has 0 N–H and O–H groups in total. The molecule has 0 aromatic carbocycles. The second kappa shape index (κ2) is 7.22. The fraction of sp³-hybridized carbons (Fsp3) is 0.760. The zero-order valence-corrected chi connectivity index (χ0v) is 19.2. The minimum atomic E-state index is -0.238. The predicted molar refractivity (Wildman–Crippen MR) is 114 cm³/mol. The summed E-state index contributed by atoms with van der Waals surface area (Å²) in [6, 6.07) is 0. The molecule has 0 bridgehead atoms. The summed E-state index contributed by atoms with van der Waals surface area (Å²) >= 11 is 0. The van der Waals surface area contributed by atoms with Gasteiger partial charge in [-0.05, 0) is 75.7 Å². The molecule has 30 heavy (non-hydrogen) atoms. The van der Waals surface area contributed by atoms with Crippen LogP contribution in [0.15, 0.2) is 23.3 Å². The van der Waals surface area contributed by atoms with Crippen LogP contribution in [0.1, 0.15) is 73.6 Å². The van der Waals surface area contributed by atoms with Crippen molar-refractivity contribution in [2.75, 3.05) is 6.61 Å². The summed E-state index contributed by atoms with van der Waals surface area (Å²) in [6.07, 6.45) is 8.46. The highest BCUT2D eigenvalue weighted by molar-refractivity contribution is 5.87. The molecule has 7 atom stereocenters. The molecule has 2 saturated carbocycles. The molecule has 0 aromatic rings. The summed E-state index contributed by atoms with van der Waals surface area (Å²) in [5.74, 6) is 0.357. The van der Waals surface area contributed by atoms with E-state index < -0.39 is 0 Å². The molecule has 2 aliphatic heterocycles. The number of epoxide rings is 1. The topological polar surface area (TPSA) is 65.1 Å². The first-order valence-electron chi connectivity index (χ1n) is 11.4. The van der Waals surface area contributed by atoms with E-state index in [9.17, 15) is 9.59 Å². The molecule has 5 nitrogen and oxygen atoms in total. The van der Waals surface area contributed by atoms with Gasteiger partial charge in [-0.25, -0.2) is 9.59 Å². The van der Waals surface area contributed by atoms with Crippen LogP contribution < -0.4 is 0 Å². The second-order valence-electron chi connectivity index (χ2n) is 10.5. The van der Waals surface area contributed by atoms with Crippen molar-refractivity contribution in [2.24, 2.45) is 22.7 Å². The molecule has 3 fully saturated rings. The number of hydrogen-bond donors (Lipinski definition) is 0. The highest BCUT2D eigenvalue weighted by Gasteiger charge is 2.75. The van der Waals surface area contributed by atoms with Gasteiger partial charge in [0.05, 0.1) is 6.10 Å². The van der Waals surface area contributed by atoms with Crippen LogP contribution in [0.3, 0.4) is 0 Å². The van der Waals surface area contributed by atoms with Crippen molar-refractivity contribution in [3.63, 3.8) is 0 Å². The van der Waals surface area contributed by atoms with Gasteiger partial charge in [0.1, 0.15) is 18.3 Å². The minimum Gasteiger partial charge on any atom is -0.458 e. The molecular formula is C25H36O5. The number of hydrogen-bond acceptors (Lipinski definition) is 5. The number of cyclic esters (lactones) is 1. The number of carbonyl (C=O) groups is 2. The monoisotopic (exact) mass is 416 g/mol. The van der Waals surface area contributed by atoms with Gasteiger partial charge >= 0.3 is 11.9 Å². The maximum atomic E-state index is 12.7. The van der Waals surface area contributed by atoms with Crippen molar-refractivity contribution < 1.29 is 23.8 Å². The molecular weight excluding hydrogens is 380 g/mol. The molecule has 0 spiro atoms. The highest BCUT2D eigenvalue weighted by atomic mass is 16.6. The van der Waals surface area contributed by atoms with E-state index in [0.29, 0.717) is 24.0 Å². The zero-order chi connectivity index (χ0) is 21.9. The number of esters is 2. The summed E-state index contributed by atoms with van der Waals surface area (Å²) in [7, 11) is 0. The number of carbonyl (C=O) groups excluding carboxylic acids is 2. The van der Waals surface area contributed by atoms with E-state index in [1.54, 1.807) is 6.08 Å². The summed E-state index contributed by atoms with van der Waals surface area (Å²) in [5.41, 5.74) is 1.37. The van der Waals surface area contributed by atoms with Gasteiger partial charge in [0.25, 0.3) is 0 Å². The standard InChI is InChI=1S/C25H36O5/c1-7-15(2)22(27)29-20-12-16(3)23(4,11-10-17-13-21(26)28-14-17)18-8-9-19-25(6,30-19)24(18,20)5/h7,13,16,18-20H,8-12,14H2,1-6H3/b15-7-/t16-,18+,19+,20-,23-,24+,25+/m1/s1. The smallest absolute Gasteiger partial charge is 0.333 e. The molecule has 4 rings (SSSR count). The van der Waals surface area contributed by atoms with E-state index in [1.165, 1.54) is 0 Å². The van der Waals surface area contributed by atoms with Gasteiger partial charge in [-0.3, -0.25) is 0 Å². The third-order valence-corrected chi connectivity index (χ3v) is 9.32. The van der Waals surface area contributed by atoms with Gasteiger partial charge in [-0.15, -0.1) is 0 Å². The van der Waals surface area contributed by atoms with E-state index in [1.807, 2.05) is 19.9 Å². The molecule has 166 valence electrons. The average Bonchev–Trinajstić information content (AvgIpc) is 3.23. The Hall–Kier alpha value is -1.62.